The number of anilines is 3. The van der Waals surface area contributed by atoms with E-state index >= 15 is 0 Å². The van der Waals surface area contributed by atoms with Crippen molar-refractivity contribution in [2.45, 2.75) is 32.2 Å². The lowest BCUT2D eigenvalue weighted by atomic mass is 10.1. The molecular formula is C24H31N5O4S. The van der Waals surface area contributed by atoms with Crippen LogP contribution in [0.1, 0.15) is 21.3 Å². The molecule has 9 nitrogen and oxygen atoms in total. The summed E-state index contributed by atoms with van der Waals surface area (Å²) in [6.07, 6.45) is 2.25. The Labute approximate surface area is 200 Å². The number of aliphatic hydroxyl groups is 1. The molecule has 0 spiro atoms. The fourth-order valence-electron chi connectivity index (χ4n) is 2.92. The van der Waals surface area contributed by atoms with Crippen molar-refractivity contribution in [3.63, 3.8) is 0 Å². The zero-order valence-corrected chi connectivity index (χ0v) is 19.5. The number of hydrogen-bond acceptors (Lipinski definition) is 8. The molecule has 1 heterocycles. The lowest BCUT2D eigenvalue weighted by molar-refractivity contribution is 0.164. The smallest absolute Gasteiger partial charge is 0.442 e. The second-order valence-electron chi connectivity index (χ2n) is 7.29. The van der Waals surface area contributed by atoms with Crippen LogP contribution in [0.4, 0.5) is 22.2 Å². The molecule has 0 saturated heterocycles. The summed E-state index contributed by atoms with van der Waals surface area (Å²) in [5.41, 5.74) is 2.42. The Hall–Kier alpha value is -3.50. The number of aliphatic hydroxyl groups excluding tert-OH is 1. The van der Waals surface area contributed by atoms with Crippen LogP contribution in [0.15, 0.2) is 70.1 Å². The molecule has 2 atom stereocenters. The van der Waals surface area contributed by atoms with Gasteiger partial charge in [-0.25, -0.2) is 14.0 Å². The zero-order chi connectivity index (χ0) is 23.8. The van der Waals surface area contributed by atoms with Gasteiger partial charge in [0.15, 0.2) is 0 Å². The molecule has 2 aromatic carbocycles. The van der Waals surface area contributed by atoms with Gasteiger partial charge >= 0.3 is 6.09 Å². The number of carbonyl (C=O) groups excluding carboxylic acids is 1. The minimum absolute atomic E-state index is 0. The molecule has 3 aromatic rings. The number of nitrogens with one attached hydrogen (secondary N) is 2. The molecule has 1 unspecified atom stereocenters. The molecule has 0 aliphatic heterocycles. The van der Waals surface area contributed by atoms with Gasteiger partial charge < -0.3 is 20.5 Å². The van der Waals surface area contributed by atoms with E-state index in [1.54, 1.807) is 37.4 Å². The monoisotopic (exact) mass is 485 g/mol. The van der Waals surface area contributed by atoms with E-state index in [0.29, 0.717) is 22.3 Å². The normalized spacial score (nSPS) is 13.1. The Morgan fingerprint density at radius 3 is 2.47 bits per heavy atom. The van der Waals surface area contributed by atoms with E-state index in [4.69, 9.17) is 4.74 Å². The first-order chi connectivity index (χ1) is 15.8. The van der Waals surface area contributed by atoms with Gasteiger partial charge in [0, 0.05) is 34.6 Å². The highest BCUT2D eigenvalue weighted by Gasteiger charge is 2.13. The maximum Gasteiger partial charge on any atom is 0.442 e. The van der Waals surface area contributed by atoms with Crippen molar-refractivity contribution in [2.75, 3.05) is 30.1 Å². The van der Waals surface area contributed by atoms with E-state index in [1.165, 1.54) is 6.26 Å². The van der Waals surface area contributed by atoms with E-state index in [-0.39, 0.29) is 26.7 Å². The van der Waals surface area contributed by atoms with Crippen LogP contribution in [-0.2, 0) is 14.5 Å². The third-order valence-electron chi connectivity index (χ3n) is 4.59. The maximum absolute atomic E-state index is 12.7. The van der Waals surface area contributed by atoms with E-state index in [0.717, 1.165) is 11.1 Å². The van der Waals surface area contributed by atoms with Crippen LogP contribution in [0.2, 0.25) is 0 Å². The van der Waals surface area contributed by atoms with E-state index in [9.17, 15) is 14.1 Å². The molecule has 0 aliphatic rings. The molecule has 0 fully saturated rings. The SMILES string of the molecule is C.CCOC(=O)N=S(C)(=O)c1ccc(Nc2ncc(-c3ccccc3)c(N[C@H](C)CO)n2)cc1. The van der Waals surface area contributed by atoms with Crippen molar-refractivity contribution in [3.8, 4) is 11.1 Å². The molecule has 34 heavy (non-hydrogen) atoms. The van der Waals surface area contributed by atoms with Crippen molar-refractivity contribution in [2.24, 2.45) is 4.36 Å². The third-order valence-corrected chi connectivity index (χ3v) is 6.24. The first kappa shape index (κ1) is 26.7. The summed E-state index contributed by atoms with van der Waals surface area (Å²) in [7, 11) is -2.92. The highest BCUT2D eigenvalue weighted by molar-refractivity contribution is 7.93. The van der Waals surface area contributed by atoms with Gasteiger partial charge in [0.25, 0.3) is 0 Å². The second kappa shape index (κ2) is 12.1. The highest BCUT2D eigenvalue weighted by Crippen LogP contribution is 2.28. The third kappa shape index (κ3) is 7.00. The predicted octanol–water partition coefficient (Wildman–Crippen LogP) is 4.93. The standard InChI is InChI=1S/C23H27N5O4S.CH4/c1-4-32-23(30)28-33(3,31)19-12-10-18(11-13-19)26-22-24-14-20(17-8-6-5-7-9-17)21(27-22)25-16(2)15-29;/h5-14,16,29H,4,15H2,1-3H3,(H2,24,25,26,27);1H4/t16-,33?;/m1./s1. The zero-order valence-electron chi connectivity index (χ0n) is 18.7. The van der Waals surface area contributed by atoms with Crippen LogP contribution in [0.3, 0.4) is 0 Å². The largest absolute Gasteiger partial charge is 0.448 e. The second-order valence-corrected chi connectivity index (χ2v) is 9.55. The van der Waals surface area contributed by atoms with Crippen molar-refractivity contribution in [3.05, 3.63) is 60.8 Å². The average Bonchev–Trinajstić information content (AvgIpc) is 2.80. The number of aromatic nitrogens is 2. The van der Waals surface area contributed by atoms with Gasteiger partial charge in [0.1, 0.15) is 5.82 Å². The minimum Gasteiger partial charge on any atom is -0.448 e. The Kier molecular flexibility index (Phi) is 9.52. The maximum atomic E-state index is 12.7. The molecule has 10 heteroatoms. The number of nitrogens with zero attached hydrogens (tertiary/aromatic N) is 3. The van der Waals surface area contributed by atoms with Crippen LogP contribution in [0, 0.1) is 0 Å². The number of carbonyl (C=O) groups is 1. The summed E-state index contributed by atoms with van der Waals surface area (Å²) in [6, 6.07) is 16.2. The van der Waals surface area contributed by atoms with Crippen molar-refractivity contribution < 1.29 is 18.8 Å². The lowest BCUT2D eigenvalue weighted by Crippen LogP contribution is -2.21. The Balaban J connectivity index is 0.00000408. The first-order valence-corrected chi connectivity index (χ1v) is 12.3. The highest BCUT2D eigenvalue weighted by atomic mass is 32.2. The van der Waals surface area contributed by atoms with E-state index < -0.39 is 15.8 Å². The van der Waals surface area contributed by atoms with Crippen molar-refractivity contribution >= 4 is 33.3 Å². The number of benzene rings is 2. The Bertz CT molecular complexity index is 1210. The Morgan fingerprint density at radius 2 is 1.85 bits per heavy atom. The van der Waals surface area contributed by atoms with Gasteiger partial charge in [0.2, 0.25) is 5.95 Å². The van der Waals surface area contributed by atoms with E-state index in [2.05, 4.69) is 25.0 Å². The molecule has 182 valence electrons. The lowest BCUT2D eigenvalue weighted by Gasteiger charge is -2.16. The molecule has 0 bridgehead atoms. The van der Waals surface area contributed by atoms with Crippen molar-refractivity contribution in [1.29, 1.82) is 0 Å². The fourth-order valence-corrected chi connectivity index (χ4v) is 4.01. The molecule has 0 saturated carbocycles. The Morgan fingerprint density at radius 1 is 1.18 bits per heavy atom. The molecular weight excluding hydrogens is 454 g/mol. The number of ether oxygens (including phenoxy) is 1. The predicted molar refractivity (Wildman–Crippen MR) is 136 cm³/mol. The van der Waals surface area contributed by atoms with Crippen LogP contribution >= 0.6 is 0 Å². The van der Waals surface area contributed by atoms with Gasteiger partial charge in [-0.1, -0.05) is 37.8 Å². The number of hydrogen-bond donors (Lipinski definition) is 3. The van der Waals surface area contributed by atoms with Crippen LogP contribution in [-0.4, -0.2) is 50.9 Å². The molecule has 3 N–H and O–H groups in total. The summed E-state index contributed by atoms with van der Waals surface area (Å²) < 4.78 is 21.2. The summed E-state index contributed by atoms with van der Waals surface area (Å²) in [5.74, 6) is 0.935. The molecule has 3 rings (SSSR count). The van der Waals surface area contributed by atoms with Gasteiger partial charge in [-0.2, -0.15) is 4.98 Å². The number of rotatable bonds is 8. The quantitative estimate of drug-likeness (QED) is 0.410. The summed E-state index contributed by atoms with van der Waals surface area (Å²) >= 11 is 0. The number of amides is 1. The molecule has 1 amide bonds. The van der Waals surface area contributed by atoms with Crippen LogP contribution in [0.5, 0.6) is 0 Å². The van der Waals surface area contributed by atoms with Crippen LogP contribution < -0.4 is 10.6 Å². The topological polar surface area (TPSA) is 126 Å². The first-order valence-electron chi connectivity index (χ1n) is 10.4. The van der Waals surface area contributed by atoms with Gasteiger partial charge in [-0.15, -0.1) is 4.36 Å². The summed E-state index contributed by atoms with van der Waals surface area (Å²) in [4.78, 5) is 21.0. The molecule has 0 radical (unpaired) electrons. The van der Waals surface area contributed by atoms with Gasteiger partial charge in [0.05, 0.1) is 22.9 Å². The van der Waals surface area contributed by atoms with Crippen molar-refractivity contribution in [1.82, 2.24) is 9.97 Å². The summed E-state index contributed by atoms with van der Waals surface area (Å²) in [5, 5.41) is 15.8. The van der Waals surface area contributed by atoms with E-state index in [1.807, 2.05) is 37.3 Å². The molecule has 1 aromatic heterocycles. The molecule has 0 aliphatic carbocycles. The van der Waals surface area contributed by atoms with Crippen LogP contribution in [0.25, 0.3) is 11.1 Å². The average molecular weight is 486 g/mol. The summed E-state index contributed by atoms with van der Waals surface area (Å²) in [6.45, 7) is 3.63. The van der Waals surface area contributed by atoms with Gasteiger partial charge in [-0.3, -0.25) is 0 Å². The fraction of sp³-hybridized carbons (Fsp3) is 0.292. The minimum atomic E-state index is -2.92. The van der Waals surface area contributed by atoms with Gasteiger partial charge in [-0.05, 0) is 43.7 Å².